The quantitative estimate of drug-likeness (QED) is 0.347. The summed E-state index contributed by atoms with van der Waals surface area (Å²) in [5, 5.41) is 25.8. The van der Waals surface area contributed by atoms with Crippen LogP contribution >= 0.6 is 0 Å². The number of carbonyl (C=O) groups excluding carboxylic acids is 1. The number of hydrogen-bond acceptors (Lipinski definition) is 8. The van der Waals surface area contributed by atoms with Crippen LogP contribution in [-0.4, -0.2) is 91.8 Å². The molecule has 220 valence electrons. The molecule has 6 rings (SSSR count). The van der Waals surface area contributed by atoms with Gasteiger partial charge in [0.15, 0.2) is 17.5 Å². The van der Waals surface area contributed by atoms with Gasteiger partial charge in [-0.05, 0) is 37.1 Å². The summed E-state index contributed by atoms with van der Waals surface area (Å²) in [6.07, 6.45) is 3.78. The van der Waals surface area contributed by atoms with Crippen molar-refractivity contribution >= 4 is 29.0 Å². The first kappa shape index (κ1) is 27.9. The van der Waals surface area contributed by atoms with Crippen LogP contribution in [0.5, 0.6) is 0 Å². The fourth-order valence-electron chi connectivity index (χ4n) is 5.64. The minimum Gasteiger partial charge on any atom is -0.465 e. The van der Waals surface area contributed by atoms with Crippen LogP contribution in [0.1, 0.15) is 19.3 Å². The number of benzene rings is 1. The summed E-state index contributed by atoms with van der Waals surface area (Å²) in [6.45, 7) is 2.86. The highest BCUT2D eigenvalue weighted by Crippen LogP contribution is 2.32. The molecule has 43 heavy (non-hydrogen) atoms. The molecule has 0 spiro atoms. The summed E-state index contributed by atoms with van der Waals surface area (Å²) < 4.78 is 17.9. The zero-order valence-electron chi connectivity index (χ0n) is 23.4. The molecule has 12 nitrogen and oxygen atoms in total. The van der Waals surface area contributed by atoms with Gasteiger partial charge in [0.05, 0.1) is 23.3 Å². The Kier molecular flexibility index (Phi) is 7.74. The summed E-state index contributed by atoms with van der Waals surface area (Å²) in [6, 6.07) is 14.7. The molecule has 2 saturated heterocycles. The van der Waals surface area contributed by atoms with Gasteiger partial charge in [0.25, 0.3) is 0 Å². The van der Waals surface area contributed by atoms with Crippen LogP contribution in [0.4, 0.5) is 20.7 Å². The van der Waals surface area contributed by atoms with Gasteiger partial charge in [0.1, 0.15) is 12.1 Å². The van der Waals surface area contributed by atoms with Gasteiger partial charge in [-0.1, -0.05) is 18.2 Å². The average molecular weight is 584 g/mol. The van der Waals surface area contributed by atoms with E-state index >= 15 is 4.39 Å². The van der Waals surface area contributed by atoms with Gasteiger partial charge >= 0.3 is 6.09 Å². The highest BCUT2D eigenvalue weighted by atomic mass is 19.1. The topological polar surface area (TPSA) is 143 Å². The number of carboxylic acid groups (broad SMARTS) is 1. The highest BCUT2D eigenvalue weighted by Gasteiger charge is 2.27. The number of rotatable bonds is 6. The predicted molar refractivity (Wildman–Crippen MR) is 157 cm³/mol. The molecule has 5 heterocycles. The lowest BCUT2D eigenvalue weighted by atomic mass is 10.0. The normalized spacial score (nSPS) is 17.1. The fraction of sp³-hybridized carbons (Fsp3) is 0.333. The van der Waals surface area contributed by atoms with E-state index in [-0.39, 0.29) is 29.9 Å². The summed E-state index contributed by atoms with van der Waals surface area (Å²) in [5.41, 5.74) is 3.01. The number of amides is 2. The van der Waals surface area contributed by atoms with Crippen LogP contribution in [-0.2, 0) is 4.79 Å². The SMILES string of the molecule is N#CCC(=O)N1CCC[C@@H](Nc2nc(-c3cnn4ccccc34)nc(-c3ccc(N4CCN(C(=O)O)CC4)cc3)c2F)C1. The van der Waals surface area contributed by atoms with E-state index in [2.05, 4.69) is 25.3 Å². The zero-order chi connectivity index (χ0) is 29.9. The molecule has 13 heteroatoms. The molecule has 1 atom stereocenters. The predicted octanol–water partition coefficient (Wildman–Crippen LogP) is 3.71. The van der Waals surface area contributed by atoms with Gasteiger partial charge in [-0.15, -0.1) is 0 Å². The summed E-state index contributed by atoms with van der Waals surface area (Å²) >= 11 is 0. The van der Waals surface area contributed by atoms with E-state index in [1.165, 1.54) is 4.90 Å². The van der Waals surface area contributed by atoms with Crippen LogP contribution in [0.25, 0.3) is 28.2 Å². The first-order chi connectivity index (χ1) is 20.9. The number of nitriles is 1. The van der Waals surface area contributed by atoms with Crippen molar-refractivity contribution in [1.29, 1.82) is 5.26 Å². The molecule has 3 aromatic heterocycles. The van der Waals surface area contributed by atoms with Crippen molar-refractivity contribution < 1.29 is 19.1 Å². The van der Waals surface area contributed by atoms with E-state index < -0.39 is 11.9 Å². The van der Waals surface area contributed by atoms with Crippen molar-refractivity contribution in [3.8, 4) is 28.7 Å². The fourth-order valence-corrected chi connectivity index (χ4v) is 5.64. The lowest BCUT2D eigenvalue weighted by Crippen LogP contribution is -2.48. The second kappa shape index (κ2) is 11.9. The zero-order valence-corrected chi connectivity index (χ0v) is 23.4. The number of nitrogens with one attached hydrogen (secondary N) is 1. The lowest BCUT2D eigenvalue weighted by molar-refractivity contribution is -0.131. The van der Waals surface area contributed by atoms with Crippen molar-refractivity contribution in [2.75, 3.05) is 49.5 Å². The molecular formula is C30H30FN9O3. The van der Waals surface area contributed by atoms with E-state index in [1.54, 1.807) is 27.7 Å². The third-order valence-electron chi connectivity index (χ3n) is 7.92. The van der Waals surface area contributed by atoms with Gasteiger partial charge in [-0.3, -0.25) is 4.79 Å². The van der Waals surface area contributed by atoms with Crippen LogP contribution in [0.15, 0.2) is 54.9 Å². The molecule has 2 aliphatic heterocycles. The van der Waals surface area contributed by atoms with E-state index in [4.69, 9.17) is 5.26 Å². The number of piperidine rings is 1. The van der Waals surface area contributed by atoms with Crippen molar-refractivity contribution in [2.45, 2.75) is 25.3 Å². The number of nitrogens with zero attached hydrogens (tertiary/aromatic N) is 8. The molecule has 0 bridgehead atoms. The second-order valence-corrected chi connectivity index (χ2v) is 10.6. The number of anilines is 2. The number of piperazine rings is 1. The maximum absolute atomic E-state index is 16.2. The van der Waals surface area contributed by atoms with Gasteiger partial charge in [0.2, 0.25) is 5.91 Å². The number of aromatic nitrogens is 4. The van der Waals surface area contributed by atoms with Gasteiger partial charge in [0, 0.05) is 62.8 Å². The van der Waals surface area contributed by atoms with Crippen molar-refractivity contribution in [1.82, 2.24) is 29.4 Å². The number of hydrogen-bond donors (Lipinski definition) is 2. The summed E-state index contributed by atoms with van der Waals surface area (Å²) in [4.78, 5) is 38.0. The van der Waals surface area contributed by atoms with Crippen molar-refractivity contribution in [2.24, 2.45) is 0 Å². The Morgan fingerprint density at radius 2 is 1.84 bits per heavy atom. The van der Waals surface area contributed by atoms with E-state index in [0.29, 0.717) is 62.6 Å². The third kappa shape index (κ3) is 5.76. The highest BCUT2D eigenvalue weighted by molar-refractivity contribution is 5.79. The Morgan fingerprint density at radius 3 is 2.58 bits per heavy atom. The smallest absolute Gasteiger partial charge is 0.407 e. The van der Waals surface area contributed by atoms with Crippen molar-refractivity contribution in [3.63, 3.8) is 0 Å². The van der Waals surface area contributed by atoms with E-state index in [1.807, 2.05) is 42.6 Å². The summed E-state index contributed by atoms with van der Waals surface area (Å²) in [5.74, 6) is -0.510. The Bertz CT molecular complexity index is 1690. The molecule has 1 aromatic carbocycles. The maximum atomic E-state index is 16.2. The molecule has 0 saturated carbocycles. The Labute approximate surface area is 247 Å². The second-order valence-electron chi connectivity index (χ2n) is 10.6. The number of carbonyl (C=O) groups is 2. The Balaban J connectivity index is 1.33. The Morgan fingerprint density at radius 1 is 1.05 bits per heavy atom. The molecule has 0 radical (unpaired) electrons. The summed E-state index contributed by atoms with van der Waals surface area (Å²) in [7, 11) is 0. The monoisotopic (exact) mass is 583 g/mol. The number of pyridine rings is 1. The third-order valence-corrected chi connectivity index (χ3v) is 7.92. The standard InChI is InChI=1S/C30H30FN9O3/c31-26-27(20-6-8-22(9-7-20)37-14-16-38(17-15-37)30(42)43)35-28(23-18-33-40-13-2-1-5-24(23)40)36-29(26)34-21-4-3-12-39(19-21)25(41)10-11-32/h1-2,5-9,13,18,21H,3-4,10,12,14-17,19H2,(H,42,43)(H,34,35,36)/t21-/m1/s1. The Hall–Kier alpha value is -5.25. The average Bonchev–Trinajstić information content (AvgIpc) is 3.47. The van der Waals surface area contributed by atoms with Gasteiger partial charge < -0.3 is 25.1 Å². The van der Waals surface area contributed by atoms with Crippen LogP contribution < -0.4 is 10.2 Å². The largest absolute Gasteiger partial charge is 0.465 e. The molecule has 0 unspecified atom stereocenters. The maximum Gasteiger partial charge on any atom is 0.407 e. The lowest BCUT2D eigenvalue weighted by Gasteiger charge is -2.34. The molecule has 2 amide bonds. The molecule has 2 N–H and O–H groups in total. The minimum atomic E-state index is -0.921. The first-order valence-corrected chi connectivity index (χ1v) is 14.2. The van der Waals surface area contributed by atoms with Crippen molar-refractivity contribution in [3.05, 3.63) is 60.7 Å². The minimum absolute atomic E-state index is 0.0312. The molecule has 2 aliphatic rings. The van der Waals surface area contributed by atoms with Gasteiger partial charge in [-0.2, -0.15) is 10.4 Å². The first-order valence-electron chi connectivity index (χ1n) is 14.2. The van der Waals surface area contributed by atoms with Crippen LogP contribution in [0.3, 0.4) is 0 Å². The molecule has 4 aromatic rings. The van der Waals surface area contributed by atoms with Gasteiger partial charge in [-0.25, -0.2) is 23.7 Å². The van der Waals surface area contributed by atoms with E-state index in [0.717, 1.165) is 17.6 Å². The van der Waals surface area contributed by atoms with E-state index in [9.17, 15) is 14.7 Å². The van der Waals surface area contributed by atoms with Crippen LogP contribution in [0, 0.1) is 17.1 Å². The van der Waals surface area contributed by atoms with Crippen LogP contribution in [0.2, 0.25) is 0 Å². The molecule has 0 aliphatic carbocycles. The molecular weight excluding hydrogens is 553 g/mol. The number of halogens is 1. The molecule has 2 fully saturated rings. The number of likely N-dealkylation sites (tertiary alicyclic amines) is 1. The number of fused-ring (bicyclic) bond motifs is 1.